The molecule has 8 heteroatoms. The van der Waals surface area contributed by atoms with Crippen LogP contribution in [-0.4, -0.2) is 82.5 Å². The lowest BCUT2D eigenvalue weighted by Crippen LogP contribution is -2.45. The van der Waals surface area contributed by atoms with Gasteiger partial charge in [0.05, 0.1) is 19.8 Å². The van der Waals surface area contributed by atoms with E-state index in [-0.39, 0.29) is 24.0 Å². The van der Waals surface area contributed by atoms with Crippen LogP contribution in [0.2, 0.25) is 0 Å². The second kappa shape index (κ2) is 13.8. The number of guanidine groups is 1. The summed E-state index contributed by atoms with van der Waals surface area (Å²) in [5.74, 6) is 2.34. The summed E-state index contributed by atoms with van der Waals surface area (Å²) < 4.78 is 10.8. The van der Waals surface area contributed by atoms with Crippen LogP contribution in [0.15, 0.2) is 22.5 Å². The molecule has 2 aliphatic heterocycles. The first kappa shape index (κ1) is 24.8. The van der Waals surface area contributed by atoms with Gasteiger partial charge in [-0.05, 0) is 43.2 Å². The molecular formula is C21H37IN4O2S. The molecule has 2 atom stereocenters. The number of methoxy groups -OCH3 is 1. The van der Waals surface area contributed by atoms with Gasteiger partial charge in [-0.3, -0.25) is 9.89 Å². The van der Waals surface area contributed by atoms with E-state index in [1.54, 1.807) is 7.11 Å². The highest BCUT2D eigenvalue weighted by atomic mass is 127. The first-order valence-corrected chi connectivity index (χ1v) is 11.4. The fraction of sp³-hybridized carbons (Fsp3) is 0.762. The normalized spacial score (nSPS) is 23.2. The third-order valence-corrected chi connectivity index (χ3v) is 6.56. The minimum atomic E-state index is 0. The molecule has 1 N–H and O–H groups in total. The number of thiophene rings is 1. The molecule has 2 fully saturated rings. The molecule has 0 aliphatic carbocycles. The molecule has 29 heavy (non-hydrogen) atoms. The van der Waals surface area contributed by atoms with Crippen molar-refractivity contribution in [2.75, 3.05) is 66.7 Å². The predicted molar refractivity (Wildman–Crippen MR) is 131 cm³/mol. The summed E-state index contributed by atoms with van der Waals surface area (Å²) in [6.45, 7) is 8.77. The smallest absolute Gasteiger partial charge is 0.193 e. The molecule has 1 aromatic heterocycles. The van der Waals surface area contributed by atoms with Gasteiger partial charge in [0.1, 0.15) is 0 Å². The number of ether oxygens (including phenoxy) is 2. The zero-order valence-corrected chi connectivity index (χ0v) is 21.0. The van der Waals surface area contributed by atoms with E-state index in [9.17, 15) is 0 Å². The van der Waals surface area contributed by atoms with Crippen LogP contribution < -0.4 is 5.32 Å². The minimum Gasteiger partial charge on any atom is -0.382 e. The van der Waals surface area contributed by atoms with Crippen LogP contribution >= 0.6 is 35.3 Å². The molecule has 2 unspecified atom stereocenters. The van der Waals surface area contributed by atoms with Crippen LogP contribution in [-0.2, 0) is 16.0 Å². The third kappa shape index (κ3) is 8.32. The van der Waals surface area contributed by atoms with Gasteiger partial charge in [-0.2, -0.15) is 0 Å². The van der Waals surface area contributed by atoms with Gasteiger partial charge < -0.3 is 19.7 Å². The lowest BCUT2D eigenvalue weighted by molar-refractivity contribution is 0.0536. The number of likely N-dealkylation sites (tertiary alicyclic amines) is 2. The average molecular weight is 537 g/mol. The topological polar surface area (TPSA) is 49.3 Å². The lowest BCUT2D eigenvalue weighted by Gasteiger charge is -2.33. The average Bonchev–Trinajstić information content (AvgIpc) is 3.39. The standard InChI is InChI=1S/C21H36N4O2S.HI/c1-22-21(25-9-7-19(15-25)17-27-11-10-26-2)23-13-18-5-3-8-24(14-18)16-20-6-4-12-28-20;/h4,6,12,18-19H,3,5,7-11,13-17H2,1-2H3,(H,22,23);1H. The van der Waals surface area contributed by atoms with E-state index in [0.29, 0.717) is 25.0 Å². The number of nitrogens with one attached hydrogen (secondary N) is 1. The molecule has 166 valence electrons. The maximum Gasteiger partial charge on any atom is 0.193 e. The quantitative estimate of drug-likeness (QED) is 0.228. The van der Waals surface area contributed by atoms with Gasteiger partial charge in [0.25, 0.3) is 0 Å². The fourth-order valence-electron chi connectivity index (χ4n) is 4.21. The Morgan fingerprint density at radius 3 is 2.90 bits per heavy atom. The van der Waals surface area contributed by atoms with Crippen molar-refractivity contribution >= 4 is 41.3 Å². The molecule has 6 nitrogen and oxygen atoms in total. The Morgan fingerprint density at radius 2 is 2.14 bits per heavy atom. The predicted octanol–water partition coefficient (Wildman–Crippen LogP) is 3.14. The maximum absolute atomic E-state index is 5.71. The number of hydrogen-bond acceptors (Lipinski definition) is 5. The maximum atomic E-state index is 5.71. The fourth-order valence-corrected chi connectivity index (χ4v) is 4.95. The molecule has 0 radical (unpaired) electrons. The monoisotopic (exact) mass is 536 g/mol. The van der Waals surface area contributed by atoms with Gasteiger partial charge >= 0.3 is 0 Å². The van der Waals surface area contributed by atoms with E-state index in [1.807, 2.05) is 18.4 Å². The van der Waals surface area contributed by atoms with Crippen molar-refractivity contribution in [1.82, 2.24) is 15.1 Å². The van der Waals surface area contributed by atoms with Crippen molar-refractivity contribution in [3.05, 3.63) is 22.4 Å². The number of halogens is 1. The van der Waals surface area contributed by atoms with Gasteiger partial charge in [0.2, 0.25) is 0 Å². The number of rotatable bonds is 9. The van der Waals surface area contributed by atoms with Crippen LogP contribution in [0.25, 0.3) is 0 Å². The second-order valence-electron chi connectivity index (χ2n) is 7.92. The van der Waals surface area contributed by atoms with E-state index in [0.717, 1.165) is 38.7 Å². The molecule has 2 aliphatic rings. The SMILES string of the molecule is CN=C(NCC1CCCN(Cc2cccs2)C1)N1CCC(COCCOC)C1.I. The molecule has 3 rings (SSSR count). The number of nitrogens with zero attached hydrogens (tertiary/aromatic N) is 3. The molecule has 0 amide bonds. The van der Waals surface area contributed by atoms with Crippen LogP contribution in [0.3, 0.4) is 0 Å². The molecule has 0 spiro atoms. The molecule has 2 saturated heterocycles. The molecule has 1 aromatic rings. The Balaban J connectivity index is 0.00000300. The van der Waals surface area contributed by atoms with E-state index >= 15 is 0 Å². The molecule has 3 heterocycles. The number of hydrogen-bond donors (Lipinski definition) is 1. The van der Waals surface area contributed by atoms with E-state index in [1.165, 1.54) is 37.2 Å². The van der Waals surface area contributed by atoms with Crippen LogP contribution in [0.4, 0.5) is 0 Å². The van der Waals surface area contributed by atoms with Crippen molar-refractivity contribution in [3.63, 3.8) is 0 Å². The molecule has 0 bridgehead atoms. The Kier molecular flexibility index (Phi) is 11.8. The summed E-state index contributed by atoms with van der Waals surface area (Å²) in [6.07, 6.45) is 3.77. The van der Waals surface area contributed by atoms with E-state index in [4.69, 9.17) is 9.47 Å². The summed E-state index contributed by atoms with van der Waals surface area (Å²) in [5.41, 5.74) is 0. The van der Waals surface area contributed by atoms with Crippen molar-refractivity contribution in [3.8, 4) is 0 Å². The van der Waals surface area contributed by atoms with E-state index in [2.05, 4.69) is 37.6 Å². The second-order valence-corrected chi connectivity index (χ2v) is 8.95. The minimum absolute atomic E-state index is 0. The van der Waals surface area contributed by atoms with Crippen molar-refractivity contribution in [1.29, 1.82) is 0 Å². The van der Waals surface area contributed by atoms with Gasteiger partial charge in [-0.25, -0.2) is 0 Å². The first-order chi connectivity index (χ1) is 13.8. The lowest BCUT2D eigenvalue weighted by atomic mass is 9.98. The Labute approximate surface area is 197 Å². The Morgan fingerprint density at radius 1 is 1.24 bits per heavy atom. The highest BCUT2D eigenvalue weighted by molar-refractivity contribution is 14.0. The highest BCUT2D eigenvalue weighted by Crippen LogP contribution is 2.21. The van der Waals surface area contributed by atoms with Crippen molar-refractivity contribution in [2.24, 2.45) is 16.8 Å². The van der Waals surface area contributed by atoms with Gasteiger partial charge in [0.15, 0.2) is 5.96 Å². The van der Waals surface area contributed by atoms with Gasteiger partial charge in [-0.15, -0.1) is 35.3 Å². The van der Waals surface area contributed by atoms with Gasteiger partial charge in [0, 0.05) is 57.7 Å². The number of aliphatic imine (C=N–C) groups is 1. The van der Waals surface area contributed by atoms with Crippen LogP contribution in [0, 0.1) is 11.8 Å². The van der Waals surface area contributed by atoms with Gasteiger partial charge in [-0.1, -0.05) is 6.07 Å². The van der Waals surface area contributed by atoms with Crippen LogP contribution in [0.5, 0.6) is 0 Å². The summed E-state index contributed by atoms with van der Waals surface area (Å²) in [6, 6.07) is 4.40. The molecule has 0 aromatic carbocycles. The summed E-state index contributed by atoms with van der Waals surface area (Å²) in [4.78, 5) is 11.0. The number of piperidine rings is 1. The summed E-state index contributed by atoms with van der Waals surface area (Å²) in [5, 5.41) is 5.82. The Hall–Kier alpha value is -0.420. The zero-order valence-electron chi connectivity index (χ0n) is 17.8. The molecular weight excluding hydrogens is 499 g/mol. The zero-order chi connectivity index (χ0) is 19.6. The largest absolute Gasteiger partial charge is 0.382 e. The first-order valence-electron chi connectivity index (χ1n) is 10.6. The Bertz CT molecular complexity index is 587. The highest BCUT2D eigenvalue weighted by Gasteiger charge is 2.26. The summed E-state index contributed by atoms with van der Waals surface area (Å²) in [7, 11) is 3.61. The van der Waals surface area contributed by atoms with E-state index < -0.39 is 0 Å². The molecule has 0 saturated carbocycles. The van der Waals surface area contributed by atoms with Crippen LogP contribution in [0.1, 0.15) is 24.1 Å². The third-order valence-electron chi connectivity index (χ3n) is 5.69. The van der Waals surface area contributed by atoms with Crippen molar-refractivity contribution < 1.29 is 9.47 Å². The summed E-state index contributed by atoms with van der Waals surface area (Å²) >= 11 is 1.86. The van der Waals surface area contributed by atoms with Crippen molar-refractivity contribution in [2.45, 2.75) is 25.8 Å².